The van der Waals surface area contributed by atoms with E-state index in [1.807, 2.05) is 18.2 Å². The SMILES string of the molecule is CC1(C)c2ccccc2-c2c(-c3cc(-c4ccccc4)cc(-c4ccc(-c5cc(-c6cccc(-c7ccccc7)c6)nc(-c6ccccc6)n5)c5ccccc45)c3)cccc21. The molecule has 0 atom stereocenters. The van der Waals surface area contributed by atoms with Gasteiger partial charge in [0.15, 0.2) is 5.82 Å². The van der Waals surface area contributed by atoms with Gasteiger partial charge in [-0.2, -0.15) is 0 Å². The Morgan fingerprint density at radius 1 is 0.295 bits per heavy atom. The van der Waals surface area contributed by atoms with Gasteiger partial charge in [0.25, 0.3) is 0 Å². The summed E-state index contributed by atoms with van der Waals surface area (Å²) in [6.07, 6.45) is 0. The summed E-state index contributed by atoms with van der Waals surface area (Å²) in [5, 5.41) is 2.32. The summed E-state index contributed by atoms with van der Waals surface area (Å²) >= 11 is 0. The highest BCUT2D eigenvalue weighted by Crippen LogP contribution is 2.52. The number of nitrogens with zero attached hydrogens (tertiary/aromatic N) is 2. The minimum atomic E-state index is -0.0836. The molecule has 0 saturated carbocycles. The molecule has 0 aliphatic heterocycles. The monoisotopic (exact) mass is 778 g/mol. The standard InChI is InChI=1S/C59H42N2/c1-59(2)53-30-15-14-28-52(53)57-48(29-17-31-54(57)59)46-36-44(40-20-8-4-9-21-40)35-45(37-46)47-32-33-51(50-27-13-12-26-49(47)50)56-38-55(60-58(61-56)41-22-10-5-11-23-41)43-25-16-24-42(34-43)39-18-6-3-7-19-39/h3-38H,1-2H3. The van der Waals surface area contributed by atoms with Crippen molar-refractivity contribution in [1.29, 1.82) is 0 Å². The molecule has 1 aromatic heterocycles. The highest BCUT2D eigenvalue weighted by Gasteiger charge is 2.36. The summed E-state index contributed by atoms with van der Waals surface area (Å²) in [5.41, 5.74) is 19.7. The molecule has 0 N–H and O–H groups in total. The molecule has 9 aromatic carbocycles. The molecule has 288 valence electrons. The van der Waals surface area contributed by atoms with Gasteiger partial charge in [-0.25, -0.2) is 9.97 Å². The molecule has 11 rings (SSSR count). The average Bonchev–Trinajstić information content (AvgIpc) is 3.57. The number of aromatic nitrogens is 2. The fourth-order valence-corrected chi connectivity index (χ4v) is 9.44. The molecule has 61 heavy (non-hydrogen) atoms. The fraction of sp³-hybridized carbons (Fsp3) is 0.0508. The van der Waals surface area contributed by atoms with Crippen LogP contribution in [0.4, 0.5) is 0 Å². The molecule has 0 fully saturated rings. The maximum absolute atomic E-state index is 5.29. The van der Waals surface area contributed by atoms with Crippen molar-refractivity contribution in [3.63, 3.8) is 0 Å². The van der Waals surface area contributed by atoms with Gasteiger partial charge in [0.05, 0.1) is 11.4 Å². The minimum absolute atomic E-state index is 0.0836. The Morgan fingerprint density at radius 2 is 0.770 bits per heavy atom. The molecule has 0 radical (unpaired) electrons. The van der Waals surface area contributed by atoms with E-state index in [2.05, 4.69) is 214 Å². The van der Waals surface area contributed by atoms with Gasteiger partial charge in [0.1, 0.15) is 0 Å². The zero-order chi connectivity index (χ0) is 40.9. The number of fused-ring (bicyclic) bond motifs is 4. The summed E-state index contributed by atoms with van der Waals surface area (Å²) in [5.74, 6) is 0.701. The molecule has 2 heteroatoms. The highest BCUT2D eigenvalue weighted by atomic mass is 14.9. The van der Waals surface area contributed by atoms with E-state index in [9.17, 15) is 0 Å². The molecule has 1 aliphatic carbocycles. The maximum atomic E-state index is 5.29. The van der Waals surface area contributed by atoms with Crippen LogP contribution in [-0.2, 0) is 5.41 Å². The van der Waals surface area contributed by atoms with Crippen LogP contribution in [0.5, 0.6) is 0 Å². The average molecular weight is 779 g/mol. The van der Waals surface area contributed by atoms with Crippen LogP contribution in [0, 0.1) is 0 Å². The normalized spacial score (nSPS) is 12.6. The highest BCUT2D eigenvalue weighted by molar-refractivity contribution is 6.06. The van der Waals surface area contributed by atoms with Crippen LogP contribution >= 0.6 is 0 Å². The summed E-state index contributed by atoms with van der Waals surface area (Å²) < 4.78 is 0. The van der Waals surface area contributed by atoms with Gasteiger partial charge in [-0.1, -0.05) is 202 Å². The predicted molar refractivity (Wildman–Crippen MR) is 255 cm³/mol. The lowest BCUT2D eigenvalue weighted by Gasteiger charge is -2.21. The van der Waals surface area contributed by atoms with Gasteiger partial charge in [0.2, 0.25) is 0 Å². The first-order valence-electron chi connectivity index (χ1n) is 21.1. The lowest BCUT2D eigenvalue weighted by Crippen LogP contribution is -2.14. The van der Waals surface area contributed by atoms with Crippen molar-refractivity contribution in [3.8, 4) is 89.5 Å². The molecule has 0 saturated heterocycles. The minimum Gasteiger partial charge on any atom is -0.228 e. The van der Waals surface area contributed by atoms with E-state index in [4.69, 9.17) is 9.97 Å². The van der Waals surface area contributed by atoms with E-state index in [0.717, 1.165) is 39.0 Å². The molecule has 10 aromatic rings. The third-order valence-electron chi connectivity index (χ3n) is 12.5. The first-order valence-corrected chi connectivity index (χ1v) is 21.1. The molecular formula is C59H42N2. The van der Waals surface area contributed by atoms with Crippen LogP contribution in [0.15, 0.2) is 218 Å². The first-order chi connectivity index (χ1) is 30.0. The van der Waals surface area contributed by atoms with Crippen molar-refractivity contribution < 1.29 is 0 Å². The van der Waals surface area contributed by atoms with E-state index >= 15 is 0 Å². The number of rotatable bonds is 7. The van der Waals surface area contributed by atoms with Gasteiger partial charge in [-0.3, -0.25) is 0 Å². The lowest BCUT2D eigenvalue weighted by molar-refractivity contribution is 0.660. The molecule has 0 bridgehead atoms. The van der Waals surface area contributed by atoms with Crippen LogP contribution in [-0.4, -0.2) is 9.97 Å². The Labute approximate surface area is 357 Å². The van der Waals surface area contributed by atoms with Crippen molar-refractivity contribution in [2.45, 2.75) is 19.3 Å². The number of hydrogen-bond acceptors (Lipinski definition) is 2. The summed E-state index contributed by atoms with van der Waals surface area (Å²) in [7, 11) is 0. The lowest BCUT2D eigenvalue weighted by atomic mass is 9.81. The Hall–Kier alpha value is -7.68. The van der Waals surface area contributed by atoms with Crippen LogP contribution in [0.25, 0.3) is 100 Å². The van der Waals surface area contributed by atoms with Crippen molar-refractivity contribution in [2.75, 3.05) is 0 Å². The number of hydrogen-bond donors (Lipinski definition) is 0. The Kier molecular flexibility index (Phi) is 8.86. The van der Waals surface area contributed by atoms with Crippen LogP contribution in [0.2, 0.25) is 0 Å². The third kappa shape index (κ3) is 6.45. The van der Waals surface area contributed by atoms with E-state index in [0.29, 0.717) is 5.82 Å². The summed E-state index contributed by atoms with van der Waals surface area (Å²) in [6, 6.07) is 78.6. The van der Waals surface area contributed by atoms with E-state index in [1.54, 1.807) is 0 Å². The molecule has 0 amide bonds. The molecule has 1 aliphatic rings. The molecule has 0 spiro atoms. The van der Waals surface area contributed by atoms with E-state index in [-0.39, 0.29) is 5.41 Å². The van der Waals surface area contributed by atoms with E-state index in [1.165, 1.54) is 66.6 Å². The van der Waals surface area contributed by atoms with Crippen molar-refractivity contribution in [2.24, 2.45) is 0 Å². The molecule has 2 nitrogen and oxygen atoms in total. The number of benzene rings is 9. The zero-order valence-electron chi connectivity index (χ0n) is 34.2. The van der Waals surface area contributed by atoms with Crippen molar-refractivity contribution in [1.82, 2.24) is 9.97 Å². The maximum Gasteiger partial charge on any atom is 0.160 e. The van der Waals surface area contributed by atoms with Gasteiger partial charge < -0.3 is 0 Å². The van der Waals surface area contributed by atoms with Gasteiger partial charge in [-0.05, 0) is 108 Å². The molecule has 0 unspecified atom stereocenters. The Bertz CT molecular complexity index is 3260. The second-order valence-electron chi connectivity index (χ2n) is 16.5. The van der Waals surface area contributed by atoms with Gasteiger partial charge in [0, 0.05) is 22.1 Å². The van der Waals surface area contributed by atoms with Crippen molar-refractivity contribution >= 4 is 10.8 Å². The topological polar surface area (TPSA) is 25.8 Å². The smallest absolute Gasteiger partial charge is 0.160 e. The summed E-state index contributed by atoms with van der Waals surface area (Å²) in [6.45, 7) is 4.71. The van der Waals surface area contributed by atoms with Gasteiger partial charge in [-0.15, -0.1) is 0 Å². The van der Waals surface area contributed by atoms with Gasteiger partial charge >= 0.3 is 0 Å². The second-order valence-corrected chi connectivity index (χ2v) is 16.5. The van der Waals surface area contributed by atoms with Crippen LogP contribution in [0.3, 0.4) is 0 Å². The second kappa shape index (κ2) is 14.9. The predicted octanol–water partition coefficient (Wildman–Crippen LogP) is 15.6. The Morgan fingerprint density at radius 3 is 1.51 bits per heavy atom. The zero-order valence-corrected chi connectivity index (χ0v) is 34.2. The Balaban J connectivity index is 1.10. The van der Waals surface area contributed by atoms with Crippen LogP contribution in [0.1, 0.15) is 25.0 Å². The first kappa shape index (κ1) is 36.4. The quantitative estimate of drug-likeness (QED) is 0.161. The summed E-state index contributed by atoms with van der Waals surface area (Å²) in [4.78, 5) is 10.5. The largest absolute Gasteiger partial charge is 0.228 e. The third-order valence-corrected chi connectivity index (χ3v) is 12.5. The van der Waals surface area contributed by atoms with Crippen molar-refractivity contribution in [3.05, 3.63) is 230 Å². The molecular weight excluding hydrogens is 737 g/mol. The fourth-order valence-electron chi connectivity index (χ4n) is 9.44. The van der Waals surface area contributed by atoms with E-state index < -0.39 is 0 Å². The molecule has 1 heterocycles. The van der Waals surface area contributed by atoms with Crippen LogP contribution < -0.4 is 0 Å².